The fourth-order valence-corrected chi connectivity index (χ4v) is 2.59. The van der Waals surface area contributed by atoms with Crippen LogP contribution in [0.4, 0.5) is 5.69 Å². The summed E-state index contributed by atoms with van der Waals surface area (Å²) in [7, 11) is 0. The van der Waals surface area contributed by atoms with Crippen molar-refractivity contribution in [2.45, 2.75) is 20.3 Å². The van der Waals surface area contributed by atoms with Gasteiger partial charge < -0.3 is 10.2 Å². The van der Waals surface area contributed by atoms with Crippen LogP contribution in [0.3, 0.4) is 0 Å². The van der Waals surface area contributed by atoms with Gasteiger partial charge in [0.25, 0.3) is 0 Å². The first kappa shape index (κ1) is 15.8. The van der Waals surface area contributed by atoms with Crippen LogP contribution in [0, 0.1) is 5.92 Å². The minimum absolute atomic E-state index is 0.0828. The maximum absolute atomic E-state index is 11.5. The van der Waals surface area contributed by atoms with Gasteiger partial charge in [-0.3, -0.25) is 9.69 Å². The lowest BCUT2D eigenvalue weighted by molar-refractivity contribution is -0.123. The number of piperazine rings is 1. The normalized spacial score (nSPS) is 16.2. The summed E-state index contributed by atoms with van der Waals surface area (Å²) >= 11 is 0. The molecular weight excluding hydrogens is 262 g/mol. The first-order chi connectivity index (χ1) is 10.2. The van der Waals surface area contributed by atoms with E-state index in [0.717, 1.165) is 45.7 Å². The number of nitrogens with zero attached hydrogens (tertiary/aromatic N) is 2. The van der Waals surface area contributed by atoms with E-state index in [0.29, 0.717) is 0 Å². The Morgan fingerprint density at radius 2 is 1.81 bits per heavy atom. The van der Waals surface area contributed by atoms with Crippen LogP contribution in [0.15, 0.2) is 30.3 Å². The molecule has 0 radical (unpaired) electrons. The zero-order chi connectivity index (χ0) is 15.1. The molecule has 2 rings (SSSR count). The molecule has 0 aromatic heterocycles. The summed E-state index contributed by atoms with van der Waals surface area (Å²) in [5, 5.41) is 2.98. The van der Waals surface area contributed by atoms with Gasteiger partial charge in [-0.1, -0.05) is 32.0 Å². The van der Waals surface area contributed by atoms with Crippen LogP contribution in [0.1, 0.15) is 20.3 Å². The third-order valence-corrected chi connectivity index (χ3v) is 3.97. The molecular formula is C17H27N3O. The van der Waals surface area contributed by atoms with Gasteiger partial charge in [0.1, 0.15) is 0 Å². The second kappa shape index (κ2) is 8.03. The lowest BCUT2D eigenvalue weighted by atomic mass is 10.2. The zero-order valence-corrected chi connectivity index (χ0v) is 13.2. The molecule has 1 fully saturated rings. The summed E-state index contributed by atoms with van der Waals surface area (Å²) < 4.78 is 0. The number of carbonyl (C=O) groups excluding carboxylic acids is 1. The smallest absolute Gasteiger partial charge is 0.222 e. The molecule has 0 aliphatic carbocycles. The maximum Gasteiger partial charge on any atom is 0.222 e. The summed E-state index contributed by atoms with van der Waals surface area (Å²) in [5.41, 5.74) is 1.32. The van der Waals surface area contributed by atoms with Crippen LogP contribution in [0.5, 0.6) is 0 Å². The van der Waals surface area contributed by atoms with Gasteiger partial charge in [0.05, 0.1) is 0 Å². The summed E-state index contributed by atoms with van der Waals surface area (Å²) in [4.78, 5) is 16.4. The summed E-state index contributed by atoms with van der Waals surface area (Å²) in [6, 6.07) is 10.6. The average Bonchev–Trinajstić information content (AvgIpc) is 2.52. The Bertz CT molecular complexity index is 425. The highest BCUT2D eigenvalue weighted by atomic mass is 16.1. The first-order valence-electron chi connectivity index (χ1n) is 7.97. The number of para-hydroxylation sites is 1. The van der Waals surface area contributed by atoms with Crippen molar-refractivity contribution >= 4 is 11.6 Å². The van der Waals surface area contributed by atoms with Gasteiger partial charge >= 0.3 is 0 Å². The van der Waals surface area contributed by atoms with Crippen LogP contribution in [0.25, 0.3) is 0 Å². The van der Waals surface area contributed by atoms with Crippen molar-refractivity contribution in [3.05, 3.63) is 30.3 Å². The Kier molecular flexibility index (Phi) is 6.05. The number of hydrogen-bond acceptors (Lipinski definition) is 3. The quantitative estimate of drug-likeness (QED) is 0.813. The van der Waals surface area contributed by atoms with Gasteiger partial charge in [-0.15, -0.1) is 0 Å². The molecule has 1 aliphatic rings. The Labute approximate surface area is 128 Å². The summed E-state index contributed by atoms with van der Waals surface area (Å²) in [5.74, 6) is 0.239. The predicted molar refractivity (Wildman–Crippen MR) is 87.6 cm³/mol. The molecule has 1 saturated heterocycles. The van der Waals surface area contributed by atoms with Gasteiger partial charge in [-0.2, -0.15) is 0 Å². The molecule has 1 N–H and O–H groups in total. The molecule has 21 heavy (non-hydrogen) atoms. The Morgan fingerprint density at radius 1 is 1.14 bits per heavy atom. The van der Waals surface area contributed by atoms with E-state index >= 15 is 0 Å². The van der Waals surface area contributed by atoms with Crippen molar-refractivity contribution in [1.29, 1.82) is 0 Å². The highest BCUT2D eigenvalue weighted by molar-refractivity contribution is 5.77. The first-order valence-corrected chi connectivity index (χ1v) is 7.97. The van der Waals surface area contributed by atoms with Crippen molar-refractivity contribution in [2.24, 2.45) is 5.92 Å². The van der Waals surface area contributed by atoms with Crippen LogP contribution < -0.4 is 10.2 Å². The van der Waals surface area contributed by atoms with Crippen LogP contribution in [-0.4, -0.2) is 50.1 Å². The van der Waals surface area contributed by atoms with Gasteiger partial charge in [0, 0.05) is 44.3 Å². The minimum atomic E-state index is 0.0828. The van der Waals surface area contributed by atoms with E-state index < -0.39 is 0 Å². The molecule has 4 nitrogen and oxygen atoms in total. The number of benzene rings is 1. The minimum Gasteiger partial charge on any atom is -0.369 e. The maximum atomic E-state index is 11.5. The van der Waals surface area contributed by atoms with E-state index in [4.69, 9.17) is 0 Å². The number of nitrogens with one attached hydrogen (secondary N) is 1. The predicted octanol–water partition coefficient (Wildman–Crippen LogP) is 1.97. The molecule has 4 heteroatoms. The molecule has 0 unspecified atom stereocenters. The van der Waals surface area contributed by atoms with Gasteiger partial charge in [0.2, 0.25) is 5.91 Å². The molecule has 1 aromatic rings. The van der Waals surface area contributed by atoms with E-state index in [1.807, 2.05) is 13.8 Å². The SMILES string of the molecule is CC(C)C(=O)NCCCN1CCN(c2ccccc2)CC1. The average molecular weight is 289 g/mol. The van der Waals surface area contributed by atoms with E-state index in [2.05, 4.69) is 45.4 Å². The Balaban J connectivity index is 1.62. The fraction of sp³-hybridized carbons (Fsp3) is 0.588. The van der Waals surface area contributed by atoms with Crippen molar-refractivity contribution < 1.29 is 4.79 Å². The number of carbonyl (C=O) groups is 1. The summed E-state index contributed by atoms with van der Waals surface area (Å²) in [6.45, 7) is 10.1. The molecule has 116 valence electrons. The molecule has 1 amide bonds. The van der Waals surface area contributed by atoms with Crippen LogP contribution in [0.2, 0.25) is 0 Å². The lowest BCUT2D eigenvalue weighted by Gasteiger charge is -2.36. The molecule has 1 heterocycles. The highest BCUT2D eigenvalue weighted by Crippen LogP contribution is 2.15. The third-order valence-electron chi connectivity index (χ3n) is 3.97. The Hall–Kier alpha value is -1.55. The molecule has 0 bridgehead atoms. The second-order valence-corrected chi connectivity index (χ2v) is 5.96. The van der Waals surface area contributed by atoms with E-state index in [-0.39, 0.29) is 11.8 Å². The number of rotatable bonds is 6. The second-order valence-electron chi connectivity index (χ2n) is 5.96. The van der Waals surface area contributed by atoms with Crippen molar-refractivity contribution in [3.8, 4) is 0 Å². The number of anilines is 1. The Morgan fingerprint density at radius 3 is 2.43 bits per heavy atom. The molecule has 0 saturated carbocycles. The monoisotopic (exact) mass is 289 g/mol. The molecule has 0 spiro atoms. The summed E-state index contributed by atoms with van der Waals surface area (Å²) in [6.07, 6.45) is 1.03. The largest absolute Gasteiger partial charge is 0.369 e. The van der Waals surface area contributed by atoms with Crippen LogP contribution >= 0.6 is 0 Å². The van der Waals surface area contributed by atoms with Crippen molar-refractivity contribution in [1.82, 2.24) is 10.2 Å². The number of amides is 1. The van der Waals surface area contributed by atoms with E-state index in [9.17, 15) is 4.79 Å². The van der Waals surface area contributed by atoms with Gasteiger partial charge in [-0.05, 0) is 25.1 Å². The highest BCUT2D eigenvalue weighted by Gasteiger charge is 2.16. The molecule has 0 atom stereocenters. The van der Waals surface area contributed by atoms with Gasteiger partial charge in [0.15, 0.2) is 0 Å². The van der Waals surface area contributed by atoms with Crippen LogP contribution in [-0.2, 0) is 4.79 Å². The molecule has 1 aromatic carbocycles. The lowest BCUT2D eigenvalue weighted by Crippen LogP contribution is -2.47. The molecule has 1 aliphatic heterocycles. The van der Waals surface area contributed by atoms with Crippen molar-refractivity contribution in [2.75, 3.05) is 44.2 Å². The van der Waals surface area contributed by atoms with E-state index in [1.54, 1.807) is 0 Å². The van der Waals surface area contributed by atoms with E-state index in [1.165, 1.54) is 5.69 Å². The third kappa shape index (κ3) is 5.05. The standard InChI is InChI=1S/C17H27N3O/c1-15(2)17(21)18-9-6-10-19-11-13-20(14-12-19)16-7-4-3-5-8-16/h3-5,7-8,15H,6,9-14H2,1-2H3,(H,18,21). The van der Waals surface area contributed by atoms with Gasteiger partial charge in [-0.25, -0.2) is 0 Å². The topological polar surface area (TPSA) is 35.6 Å². The number of hydrogen-bond donors (Lipinski definition) is 1. The zero-order valence-electron chi connectivity index (χ0n) is 13.2. The van der Waals surface area contributed by atoms with Crippen molar-refractivity contribution in [3.63, 3.8) is 0 Å². The fourth-order valence-electron chi connectivity index (χ4n) is 2.59.